The first-order chi connectivity index (χ1) is 14.4. The number of imide groups is 1. The van der Waals surface area contributed by atoms with Gasteiger partial charge < -0.3 is 24.3 Å². The Hall–Kier alpha value is -2.72. The minimum atomic E-state index is -0.421. The van der Waals surface area contributed by atoms with Gasteiger partial charge in [0.15, 0.2) is 11.5 Å². The third kappa shape index (κ3) is 5.90. The lowest BCUT2D eigenvalue weighted by Crippen LogP contribution is -2.38. The van der Waals surface area contributed by atoms with E-state index in [9.17, 15) is 14.4 Å². The number of thioether (sulfide) groups is 1. The molecule has 0 saturated carbocycles. The maximum Gasteiger partial charge on any atom is 0.293 e. The lowest BCUT2D eigenvalue weighted by molar-refractivity contribution is -0.126. The standard InChI is InChI=1S/C20H26N2O7S/c1-5-8-29-12-17(23)21-6-7-22-19(24)16(30-20(22)25)11-13-9-14(26-2)18(28-4)15(10-13)27-3/h9-11H,5-8,12H2,1-4H3,(H,21,23)/b16-11+. The van der Waals surface area contributed by atoms with Gasteiger partial charge in [0.1, 0.15) is 6.61 Å². The first-order valence-electron chi connectivity index (χ1n) is 9.34. The van der Waals surface area contributed by atoms with Gasteiger partial charge in [-0.15, -0.1) is 0 Å². The molecule has 2 rings (SSSR count). The Labute approximate surface area is 179 Å². The van der Waals surface area contributed by atoms with Crippen LogP contribution in [0.15, 0.2) is 17.0 Å². The van der Waals surface area contributed by atoms with Gasteiger partial charge in [-0.3, -0.25) is 19.3 Å². The number of carbonyl (C=O) groups excluding carboxylic acids is 3. The van der Waals surface area contributed by atoms with E-state index >= 15 is 0 Å². The van der Waals surface area contributed by atoms with E-state index in [4.69, 9.17) is 18.9 Å². The Morgan fingerprint density at radius 2 is 1.80 bits per heavy atom. The minimum Gasteiger partial charge on any atom is -0.493 e. The number of ether oxygens (including phenoxy) is 4. The van der Waals surface area contributed by atoms with Gasteiger partial charge >= 0.3 is 0 Å². The fourth-order valence-electron chi connectivity index (χ4n) is 2.70. The molecule has 0 bridgehead atoms. The number of methoxy groups -OCH3 is 3. The van der Waals surface area contributed by atoms with Crippen LogP contribution < -0.4 is 19.5 Å². The zero-order valence-corrected chi connectivity index (χ0v) is 18.3. The molecule has 1 saturated heterocycles. The summed E-state index contributed by atoms with van der Waals surface area (Å²) in [4.78, 5) is 37.9. The molecule has 0 aromatic heterocycles. The topological polar surface area (TPSA) is 103 Å². The van der Waals surface area contributed by atoms with Crippen LogP contribution in [0.4, 0.5) is 4.79 Å². The first kappa shape index (κ1) is 23.6. The zero-order valence-electron chi connectivity index (χ0n) is 17.5. The molecule has 3 amide bonds. The summed E-state index contributed by atoms with van der Waals surface area (Å²) in [6.07, 6.45) is 2.41. The van der Waals surface area contributed by atoms with Crippen molar-refractivity contribution in [2.75, 3.05) is 47.6 Å². The van der Waals surface area contributed by atoms with Gasteiger partial charge in [-0.25, -0.2) is 0 Å². The van der Waals surface area contributed by atoms with Crippen LogP contribution in [0.3, 0.4) is 0 Å². The normalized spacial score (nSPS) is 14.9. The van der Waals surface area contributed by atoms with E-state index in [1.54, 1.807) is 18.2 Å². The molecule has 0 unspecified atom stereocenters. The van der Waals surface area contributed by atoms with E-state index in [1.165, 1.54) is 21.3 Å². The number of carbonyl (C=O) groups is 3. The number of nitrogens with one attached hydrogen (secondary N) is 1. The van der Waals surface area contributed by atoms with E-state index in [0.29, 0.717) is 29.4 Å². The molecular formula is C20H26N2O7S. The predicted octanol–water partition coefficient (Wildman–Crippen LogP) is 2.29. The second kappa shape index (κ2) is 11.5. The molecule has 0 radical (unpaired) electrons. The summed E-state index contributed by atoms with van der Waals surface area (Å²) >= 11 is 0.837. The number of nitrogens with zero attached hydrogens (tertiary/aromatic N) is 1. The number of hydrogen-bond acceptors (Lipinski definition) is 8. The van der Waals surface area contributed by atoms with Crippen LogP contribution in [-0.2, 0) is 14.3 Å². The second-order valence-corrected chi connectivity index (χ2v) is 7.19. The monoisotopic (exact) mass is 438 g/mol. The molecule has 1 aliphatic rings. The lowest BCUT2D eigenvalue weighted by Gasteiger charge is -2.13. The highest BCUT2D eigenvalue weighted by Crippen LogP contribution is 2.40. The fourth-order valence-corrected chi connectivity index (χ4v) is 3.56. The van der Waals surface area contributed by atoms with Crippen molar-refractivity contribution < 1.29 is 33.3 Å². The Balaban J connectivity index is 2.05. The second-order valence-electron chi connectivity index (χ2n) is 6.19. The van der Waals surface area contributed by atoms with E-state index in [1.807, 2.05) is 6.92 Å². The van der Waals surface area contributed by atoms with Crippen molar-refractivity contribution in [1.29, 1.82) is 0 Å². The van der Waals surface area contributed by atoms with E-state index < -0.39 is 11.1 Å². The maximum absolute atomic E-state index is 12.6. The summed E-state index contributed by atoms with van der Waals surface area (Å²) in [6, 6.07) is 3.37. The molecule has 1 fully saturated rings. The van der Waals surface area contributed by atoms with Crippen molar-refractivity contribution in [3.8, 4) is 17.2 Å². The van der Waals surface area contributed by atoms with Gasteiger partial charge in [-0.1, -0.05) is 6.92 Å². The largest absolute Gasteiger partial charge is 0.493 e. The summed E-state index contributed by atoms with van der Waals surface area (Å²) in [7, 11) is 4.49. The summed E-state index contributed by atoms with van der Waals surface area (Å²) in [5.74, 6) is 0.605. The van der Waals surface area contributed by atoms with Crippen molar-refractivity contribution in [3.63, 3.8) is 0 Å². The molecule has 10 heteroatoms. The third-order valence-corrected chi connectivity index (χ3v) is 5.00. The Morgan fingerprint density at radius 3 is 2.37 bits per heavy atom. The Kier molecular flexibility index (Phi) is 9.00. The van der Waals surface area contributed by atoms with E-state index in [0.717, 1.165) is 23.1 Å². The molecule has 164 valence electrons. The summed E-state index contributed by atoms with van der Waals surface area (Å²) in [5.41, 5.74) is 0.622. The summed E-state index contributed by atoms with van der Waals surface area (Å²) in [6.45, 7) is 2.64. The van der Waals surface area contributed by atoms with Crippen LogP contribution in [0.5, 0.6) is 17.2 Å². The molecular weight excluding hydrogens is 412 g/mol. The average molecular weight is 439 g/mol. The van der Waals surface area contributed by atoms with E-state index in [-0.39, 0.29) is 30.5 Å². The summed E-state index contributed by atoms with van der Waals surface area (Å²) < 4.78 is 21.0. The molecule has 1 aromatic carbocycles. The highest BCUT2D eigenvalue weighted by atomic mass is 32.2. The highest BCUT2D eigenvalue weighted by Gasteiger charge is 2.34. The molecule has 0 spiro atoms. The van der Waals surface area contributed by atoms with Gasteiger partial charge in [0.25, 0.3) is 11.1 Å². The van der Waals surface area contributed by atoms with Crippen molar-refractivity contribution in [2.24, 2.45) is 0 Å². The molecule has 1 heterocycles. The first-order valence-corrected chi connectivity index (χ1v) is 10.2. The minimum absolute atomic E-state index is 0.0449. The molecule has 30 heavy (non-hydrogen) atoms. The van der Waals surface area contributed by atoms with E-state index in [2.05, 4.69) is 5.32 Å². The number of rotatable bonds is 11. The maximum atomic E-state index is 12.6. The van der Waals surface area contributed by atoms with Crippen molar-refractivity contribution >= 4 is 34.9 Å². The van der Waals surface area contributed by atoms with Gasteiger partial charge in [-0.05, 0) is 42.0 Å². The predicted molar refractivity (Wildman–Crippen MR) is 113 cm³/mol. The summed E-state index contributed by atoms with van der Waals surface area (Å²) in [5, 5.41) is 2.24. The Morgan fingerprint density at radius 1 is 1.13 bits per heavy atom. The quantitative estimate of drug-likeness (QED) is 0.415. The van der Waals surface area contributed by atoms with Gasteiger partial charge in [0.2, 0.25) is 11.7 Å². The average Bonchev–Trinajstić information content (AvgIpc) is 3.00. The van der Waals surface area contributed by atoms with Crippen molar-refractivity contribution in [2.45, 2.75) is 13.3 Å². The fraction of sp³-hybridized carbons (Fsp3) is 0.450. The van der Waals surface area contributed by atoms with Gasteiger partial charge in [0, 0.05) is 19.7 Å². The van der Waals surface area contributed by atoms with Crippen LogP contribution in [0.2, 0.25) is 0 Å². The van der Waals surface area contributed by atoms with Gasteiger partial charge in [-0.2, -0.15) is 0 Å². The number of benzene rings is 1. The third-order valence-electron chi connectivity index (χ3n) is 4.10. The number of amides is 3. The highest BCUT2D eigenvalue weighted by molar-refractivity contribution is 8.18. The number of hydrogen-bond donors (Lipinski definition) is 1. The van der Waals surface area contributed by atoms with Crippen molar-refractivity contribution in [3.05, 3.63) is 22.6 Å². The molecule has 1 aliphatic heterocycles. The van der Waals surface area contributed by atoms with Crippen molar-refractivity contribution in [1.82, 2.24) is 10.2 Å². The van der Waals surface area contributed by atoms with Crippen LogP contribution in [-0.4, -0.2) is 69.6 Å². The molecule has 0 atom stereocenters. The van der Waals surface area contributed by atoms with Crippen LogP contribution in [0.1, 0.15) is 18.9 Å². The van der Waals surface area contributed by atoms with Crippen LogP contribution in [0, 0.1) is 0 Å². The smallest absolute Gasteiger partial charge is 0.293 e. The SMILES string of the molecule is CCCOCC(=O)NCCN1C(=O)S/C(=C/c2cc(OC)c(OC)c(OC)c2)C1=O. The van der Waals surface area contributed by atoms with Crippen LogP contribution >= 0.6 is 11.8 Å². The lowest BCUT2D eigenvalue weighted by atomic mass is 10.1. The van der Waals surface area contributed by atoms with Crippen LogP contribution in [0.25, 0.3) is 6.08 Å². The van der Waals surface area contributed by atoms with Gasteiger partial charge in [0.05, 0.1) is 26.2 Å². The zero-order chi connectivity index (χ0) is 22.1. The molecule has 1 N–H and O–H groups in total. The molecule has 9 nitrogen and oxygen atoms in total. The molecule has 0 aliphatic carbocycles. The molecule has 1 aromatic rings. The Bertz CT molecular complexity index is 800.